The van der Waals surface area contributed by atoms with Gasteiger partial charge in [0.15, 0.2) is 0 Å². The SMILES string of the molecule is CC1(C)Nc2cc(Cl)c(Cl)cc2N(CCO)C1=O. The summed E-state index contributed by atoms with van der Waals surface area (Å²) in [5.74, 6) is -0.109. The van der Waals surface area contributed by atoms with Crippen LogP contribution in [0.15, 0.2) is 12.1 Å². The average molecular weight is 289 g/mol. The van der Waals surface area contributed by atoms with Crippen LogP contribution in [-0.4, -0.2) is 29.7 Å². The van der Waals surface area contributed by atoms with Gasteiger partial charge in [0.2, 0.25) is 0 Å². The first-order valence-electron chi connectivity index (χ1n) is 5.57. The van der Waals surface area contributed by atoms with Gasteiger partial charge in [0.25, 0.3) is 5.91 Å². The van der Waals surface area contributed by atoms with E-state index in [0.717, 1.165) is 5.69 Å². The Hall–Kier alpha value is -0.970. The zero-order chi connectivity index (χ0) is 13.5. The van der Waals surface area contributed by atoms with E-state index in [4.69, 9.17) is 28.3 Å². The molecule has 0 bridgehead atoms. The molecule has 1 heterocycles. The van der Waals surface area contributed by atoms with Crippen LogP contribution in [0.1, 0.15) is 13.8 Å². The fourth-order valence-corrected chi connectivity index (χ4v) is 2.34. The van der Waals surface area contributed by atoms with Crippen molar-refractivity contribution in [3.8, 4) is 0 Å². The molecular weight excluding hydrogens is 275 g/mol. The number of aliphatic hydroxyl groups is 1. The van der Waals surface area contributed by atoms with Gasteiger partial charge < -0.3 is 15.3 Å². The lowest BCUT2D eigenvalue weighted by Gasteiger charge is -2.39. The van der Waals surface area contributed by atoms with Crippen LogP contribution in [-0.2, 0) is 4.79 Å². The molecule has 0 unspecified atom stereocenters. The topological polar surface area (TPSA) is 52.6 Å². The van der Waals surface area contributed by atoms with Crippen LogP contribution >= 0.6 is 23.2 Å². The number of amides is 1. The van der Waals surface area contributed by atoms with Gasteiger partial charge in [-0.1, -0.05) is 23.2 Å². The molecule has 2 rings (SSSR count). The van der Waals surface area contributed by atoms with Gasteiger partial charge in [-0.15, -0.1) is 0 Å². The molecule has 1 aliphatic rings. The zero-order valence-corrected chi connectivity index (χ0v) is 11.6. The summed E-state index contributed by atoms with van der Waals surface area (Å²) in [5.41, 5.74) is 0.643. The van der Waals surface area contributed by atoms with Crippen LogP contribution < -0.4 is 10.2 Å². The summed E-state index contributed by atoms with van der Waals surface area (Å²) in [5, 5.41) is 13.0. The van der Waals surface area contributed by atoms with E-state index in [0.29, 0.717) is 15.7 Å². The molecule has 1 aromatic carbocycles. The molecule has 0 fully saturated rings. The van der Waals surface area contributed by atoms with Crippen LogP contribution in [0.25, 0.3) is 0 Å². The fraction of sp³-hybridized carbons (Fsp3) is 0.417. The largest absolute Gasteiger partial charge is 0.395 e. The fourth-order valence-electron chi connectivity index (χ4n) is 2.02. The van der Waals surface area contributed by atoms with E-state index in [1.54, 1.807) is 26.0 Å². The van der Waals surface area contributed by atoms with E-state index in [2.05, 4.69) is 5.32 Å². The molecule has 0 spiro atoms. The van der Waals surface area contributed by atoms with Crippen LogP contribution in [0.2, 0.25) is 10.0 Å². The summed E-state index contributed by atoms with van der Waals surface area (Å²) in [6, 6.07) is 3.33. The predicted molar refractivity (Wildman–Crippen MR) is 73.6 cm³/mol. The van der Waals surface area contributed by atoms with Crippen molar-refractivity contribution in [2.45, 2.75) is 19.4 Å². The first-order valence-corrected chi connectivity index (χ1v) is 6.32. The highest BCUT2D eigenvalue weighted by atomic mass is 35.5. The number of benzene rings is 1. The van der Waals surface area contributed by atoms with Crippen LogP contribution in [0, 0.1) is 0 Å². The highest BCUT2D eigenvalue weighted by Gasteiger charge is 2.38. The molecular formula is C12H14Cl2N2O2. The number of β-amino-alcohol motifs (C(OH)–C–C–N with tert-alkyl or cyclic N) is 1. The molecule has 2 N–H and O–H groups in total. The first kappa shape index (κ1) is 13.5. The number of fused-ring (bicyclic) bond motifs is 1. The molecule has 98 valence electrons. The second-order valence-electron chi connectivity index (χ2n) is 4.71. The smallest absolute Gasteiger partial charge is 0.252 e. The quantitative estimate of drug-likeness (QED) is 0.879. The van der Waals surface area contributed by atoms with Gasteiger partial charge in [0.05, 0.1) is 28.0 Å². The number of nitrogens with one attached hydrogen (secondary N) is 1. The van der Waals surface area contributed by atoms with E-state index in [1.807, 2.05) is 0 Å². The zero-order valence-electron chi connectivity index (χ0n) is 10.1. The summed E-state index contributed by atoms with van der Waals surface area (Å²) in [6.07, 6.45) is 0. The van der Waals surface area contributed by atoms with Crippen LogP contribution in [0.5, 0.6) is 0 Å². The number of aliphatic hydroxyl groups excluding tert-OH is 1. The normalized spacial score (nSPS) is 17.4. The van der Waals surface area contributed by atoms with E-state index >= 15 is 0 Å². The van der Waals surface area contributed by atoms with E-state index in [9.17, 15) is 4.79 Å². The highest BCUT2D eigenvalue weighted by molar-refractivity contribution is 6.42. The van der Waals surface area contributed by atoms with Crippen molar-refractivity contribution in [2.24, 2.45) is 0 Å². The Balaban J connectivity index is 2.56. The van der Waals surface area contributed by atoms with Gasteiger partial charge >= 0.3 is 0 Å². The van der Waals surface area contributed by atoms with Crippen LogP contribution in [0.4, 0.5) is 11.4 Å². The van der Waals surface area contributed by atoms with Gasteiger partial charge in [-0.3, -0.25) is 4.79 Å². The van der Waals surface area contributed by atoms with Crippen molar-refractivity contribution >= 4 is 40.5 Å². The molecule has 0 aromatic heterocycles. The van der Waals surface area contributed by atoms with E-state index in [1.165, 1.54) is 4.90 Å². The van der Waals surface area contributed by atoms with Crippen molar-refractivity contribution in [2.75, 3.05) is 23.4 Å². The molecule has 0 saturated heterocycles. The van der Waals surface area contributed by atoms with Crippen LogP contribution in [0.3, 0.4) is 0 Å². The Bertz CT molecular complexity index is 503. The Morgan fingerprint density at radius 1 is 1.33 bits per heavy atom. The number of hydrogen-bond donors (Lipinski definition) is 2. The molecule has 4 nitrogen and oxygen atoms in total. The van der Waals surface area contributed by atoms with Crippen molar-refractivity contribution < 1.29 is 9.90 Å². The van der Waals surface area contributed by atoms with Crippen molar-refractivity contribution in [1.29, 1.82) is 0 Å². The monoisotopic (exact) mass is 288 g/mol. The van der Waals surface area contributed by atoms with Gasteiger partial charge in [-0.2, -0.15) is 0 Å². The molecule has 1 aromatic rings. The molecule has 0 atom stereocenters. The first-order chi connectivity index (χ1) is 8.36. The summed E-state index contributed by atoms with van der Waals surface area (Å²) in [4.78, 5) is 13.8. The lowest BCUT2D eigenvalue weighted by molar-refractivity contribution is -0.122. The lowest BCUT2D eigenvalue weighted by atomic mass is 9.98. The third-order valence-electron chi connectivity index (χ3n) is 2.88. The number of hydrogen-bond acceptors (Lipinski definition) is 3. The minimum atomic E-state index is -0.737. The van der Waals surface area contributed by atoms with Gasteiger partial charge in [0, 0.05) is 6.54 Å². The molecule has 1 aliphatic heterocycles. The summed E-state index contributed by atoms with van der Waals surface area (Å²) < 4.78 is 0. The average Bonchev–Trinajstić information content (AvgIpc) is 2.28. The number of nitrogens with zero attached hydrogens (tertiary/aromatic N) is 1. The van der Waals surface area contributed by atoms with E-state index < -0.39 is 5.54 Å². The third-order valence-corrected chi connectivity index (χ3v) is 3.60. The van der Waals surface area contributed by atoms with Gasteiger partial charge in [0.1, 0.15) is 5.54 Å². The maximum atomic E-state index is 12.3. The van der Waals surface area contributed by atoms with Crippen molar-refractivity contribution in [1.82, 2.24) is 0 Å². The molecule has 0 aliphatic carbocycles. The Morgan fingerprint density at radius 3 is 2.56 bits per heavy atom. The molecule has 0 saturated carbocycles. The third kappa shape index (κ3) is 2.16. The molecule has 1 amide bonds. The standard InChI is InChI=1S/C12H14Cl2N2O2/c1-12(2)11(18)16(3-4-17)10-6-8(14)7(13)5-9(10)15-12/h5-6,15,17H,3-4H2,1-2H3. The molecule has 0 radical (unpaired) electrons. The Kier molecular flexibility index (Phi) is 3.45. The predicted octanol–water partition coefficient (Wildman–Crippen LogP) is 2.52. The molecule has 18 heavy (non-hydrogen) atoms. The highest BCUT2D eigenvalue weighted by Crippen LogP contribution is 2.40. The second-order valence-corrected chi connectivity index (χ2v) is 5.53. The second kappa shape index (κ2) is 4.61. The number of anilines is 2. The molecule has 6 heteroatoms. The minimum absolute atomic E-state index is 0.109. The van der Waals surface area contributed by atoms with E-state index in [-0.39, 0.29) is 19.1 Å². The maximum Gasteiger partial charge on any atom is 0.252 e. The summed E-state index contributed by atoms with van der Waals surface area (Å²) >= 11 is 11.9. The van der Waals surface area contributed by atoms with Crippen molar-refractivity contribution in [3.63, 3.8) is 0 Å². The summed E-state index contributed by atoms with van der Waals surface area (Å²) in [7, 11) is 0. The van der Waals surface area contributed by atoms with Crippen molar-refractivity contribution in [3.05, 3.63) is 22.2 Å². The lowest BCUT2D eigenvalue weighted by Crippen LogP contribution is -2.54. The number of rotatable bonds is 2. The minimum Gasteiger partial charge on any atom is -0.395 e. The number of carbonyl (C=O) groups is 1. The number of carbonyl (C=O) groups excluding carboxylic acids is 1. The van der Waals surface area contributed by atoms with Gasteiger partial charge in [-0.05, 0) is 26.0 Å². The number of halogens is 2. The Morgan fingerprint density at radius 2 is 1.94 bits per heavy atom. The Labute approximate surface area is 115 Å². The summed E-state index contributed by atoms with van der Waals surface area (Å²) in [6.45, 7) is 3.69. The van der Waals surface area contributed by atoms with Gasteiger partial charge in [-0.25, -0.2) is 0 Å². The maximum absolute atomic E-state index is 12.3.